The third-order valence-corrected chi connectivity index (χ3v) is 2.94. The summed E-state index contributed by atoms with van der Waals surface area (Å²) >= 11 is 3.10. The molecule has 0 aliphatic carbocycles. The molecule has 4 heteroatoms. The topological polar surface area (TPSA) is 40.5 Å². The van der Waals surface area contributed by atoms with Gasteiger partial charge in [0.25, 0.3) is 5.91 Å². The number of hydrogen-bond donors (Lipinski definition) is 1. The zero-order chi connectivity index (χ0) is 9.64. The zero-order valence-corrected chi connectivity index (χ0v) is 8.58. The molecule has 0 spiro atoms. The highest BCUT2D eigenvalue weighted by atomic mass is 79.9. The third kappa shape index (κ3) is 1.02. The highest BCUT2D eigenvalue weighted by Crippen LogP contribution is 2.41. The van der Waals surface area contributed by atoms with E-state index in [9.17, 15) is 9.90 Å². The van der Waals surface area contributed by atoms with E-state index < -0.39 is 5.60 Å². The SMILES string of the molecule is CC1(O)C(=O)N(Br)c2ccccc21. The lowest BCUT2D eigenvalue weighted by Crippen LogP contribution is -2.32. The number of carbonyl (C=O) groups is 1. The number of fused-ring (bicyclic) bond motifs is 1. The predicted molar refractivity (Wildman–Crippen MR) is 52.4 cm³/mol. The molecule has 0 aromatic heterocycles. The maximum absolute atomic E-state index is 11.5. The second-order valence-corrected chi connectivity index (χ2v) is 3.88. The number of hydrogen-bond acceptors (Lipinski definition) is 2. The van der Waals surface area contributed by atoms with Crippen LogP contribution in [0.25, 0.3) is 0 Å². The average molecular weight is 242 g/mol. The number of halogens is 1. The summed E-state index contributed by atoms with van der Waals surface area (Å²) in [6.45, 7) is 1.50. The van der Waals surface area contributed by atoms with E-state index in [2.05, 4.69) is 16.1 Å². The Hall–Kier alpha value is -0.870. The van der Waals surface area contributed by atoms with Crippen molar-refractivity contribution in [3.8, 4) is 0 Å². The molecule has 0 radical (unpaired) electrons. The molecule has 1 aliphatic heterocycles. The molecule has 1 aliphatic rings. The van der Waals surface area contributed by atoms with E-state index in [4.69, 9.17) is 0 Å². The highest BCUT2D eigenvalue weighted by molar-refractivity contribution is 9.10. The first kappa shape index (κ1) is 8.72. The molecule has 0 saturated heterocycles. The lowest BCUT2D eigenvalue weighted by Gasteiger charge is -2.13. The summed E-state index contributed by atoms with van der Waals surface area (Å²) in [4.78, 5) is 11.5. The molecule has 1 N–H and O–H groups in total. The van der Waals surface area contributed by atoms with Crippen LogP contribution in [0.15, 0.2) is 24.3 Å². The van der Waals surface area contributed by atoms with E-state index in [1.54, 1.807) is 18.2 Å². The normalized spacial score (nSPS) is 26.4. The Balaban J connectivity index is 2.68. The van der Waals surface area contributed by atoms with Crippen molar-refractivity contribution in [3.63, 3.8) is 0 Å². The molecule has 1 unspecified atom stereocenters. The first-order valence-electron chi connectivity index (χ1n) is 3.87. The van der Waals surface area contributed by atoms with Gasteiger partial charge in [-0.15, -0.1) is 0 Å². The molecule has 1 heterocycles. The number of amides is 1. The van der Waals surface area contributed by atoms with Gasteiger partial charge in [-0.3, -0.25) is 4.79 Å². The number of nitrogens with zero attached hydrogens (tertiary/aromatic N) is 1. The lowest BCUT2D eigenvalue weighted by atomic mass is 9.98. The Morgan fingerprint density at radius 2 is 2.08 bits per heavy atom. The van der Waals surface area contributed by atoms with Crippen LogP contribution in [0.3, 0.4) is 0 Å². The highest BCUT2D eigenvalue weighted by Gasteiger charge is 2.45. The summed E-state index contributed by atoms with van der Waals surface area (Å²) < 4.78 is 1.29. The molecule has 3 nitrogen and oxygen atoms in total. The Kier molecular flexibility index (Phi) is 1.72. The van der Waals surface area contributed by atoms with Crippen LogP contribution in [-0.2, 0) is 10.4 Å². The van der Waals surface area contributed by atoms with E-state index in [0.717, 1.165) is 0 Å². The van der Waals surface area contributed by atoms with Crippen LogP contribution in [0, 0.1) is 0 Å². The minimum atomic E-state index is -1.40. The molecular formula is C9H8BrNO2. The number of rotatable bonds is 0. The van der Waals surface area contributed by atoms with Crippen molar-refractivity contribution in [3.05, 3.63) is 29.8 Å². The van der Waals surface area contributed by atoms with Crippen molar-refractivity contribution in [2.45, 2.75) is 12.5 Å². The number of para-hydroxylation sites is 1. The summed E-state index contributed by atoms with van der Waals surface area (Å²) in [6.07, 6.45) is 0. The van der Waals surface area contributed by atoms with Gasteiger partial charge in [0, 0.05) is 5.56 Å². The van der Waals surface area contributed by atoms with Crippen molar-refractivity contribution >= 4 is 27.7 Å². The zero-order valence-electron chi connectivity index (χ0n) is 6.99. The first-order chi connectivity index (χ1) is 6.05. The molecule has 68 valence electrons. The van der Waals surface area contributed by atoms with E-state index in [0.29, 0.717) is 11.3 Å². The third-order valence-electron chi connectivity index (χ3n) is 2.23. The molecule has 0 bridgehead atoms. The Labute approximate surface area is 84.3 Å². The van der Waals surface area contributed by atoms with Crippen LogP contribution in [0.2, 0.25) is 0 Å². The van der Waals surface area contributed by atoms with Gasteiger partial charge in [-0.2, -0.15) is 0 Å². The van der Waals surface area contributed by atoms with Crippen LogP contribution < -0.4 is 3.93 Å². The number of aliphatic hydroxyl groups is 1. The fraction of sp³-hybridized carbons (Fsp3) is 0.222. The quantitative estimate of drug-likeness (QED) is 0.701. The van der Waals surface area contributed by atoms with Gasteiger partial charge in [0.15, 0.2) is 5.60 Å². The number of carbonyl (C=O) groups excluding carboxylic acids is 1. The standard InChI is InChI=1S/C9H8BrNO2/c1-9(13)6-4-2-3-5-7(6)11(10)8(9)12/h2-5,13H,1H3. The van der Waals surface area contributed by atoms with Gasteiger partial charge in [-0.1, -0.05) is 18.2 Å². The molecule has 0 saturated carbocycles. The monoisotopic (exact) mass is 241 g/mol. The van der Waals surface area contributed by atoms with Gasteiger partial charge in [-0.25, -0.2) is 3.93 Å². The van der Waals surface area contributed by atoms with Gasteiger partial charge in [0.1, 0.15) is 0 Å². The first-order valence-corrected chi connectivity index (χ1v) is 4.58. The van der Waals surface area contributed by atoms with Gasteiger partial charge in [0.05, 0.1) is 21.8 Å². The maximum atomic E-state index is 11.5. The van der Waals surface area contributed by atoms with E-state index in [-0.39, 0.29) is 5.91 Å². The Bertz CT molecular complexity index is 376. The van der Waals surface area contributed by atoms with Crippen LogP contribution in [0.4, 0.5) is 5.69 Å². The second kappa shape index (κ2) is 2.56. The molecule has 0 fully saturated rings. The van der Waals surface area contributed by atoms with Gasteiger partial charge in [0.2, 0.25) is 0 Å². The van der Waals surface area contributed by atoms with Gasteiger partial charge in [-0.05, 0) is 13.0 Å². The van der Waals surface area contributed by atoms with E-state index in [1.165, 1.54) is 10.8 Å². The van der Waals surface area contributed by atoms with Crippen LogP contribution in [0.5, 0.6) is 0 Å². The fourth-order valence-electron chi connectivity index (χ4n) is 1.47. The van der Waals surface area contributed by atoms with Crippen LogP contribution >= 0.6 is 16.1 Å². The molecule has 1 atom stereocenters. The lowest BCUT2D eigenvalue weighted by molar-refractivity contribution is -0.132. The second-order valence-electron chi connectivity index (χ2n) is 3.18. The summed E-state index contributed by atoms with van der Waals surface area (Å²) in [5.41, 5.74) is -0.0607. The van der Waals surface area contributed by atoms with Crippen LogP contribution in [0.1, 0.15) is 12.5 Å². The van der Waals surface area contributed by atoms with E-state index >= 15 is 0 Å². The summed E-state index contributed by atoms with van der Waals surface area (Å²) in [5.74, 6) is -0.353. The van der Waals surface area contributed by atoms with Crippen LogP contribution in [-0.4, -0.2) is 11.0 Å². The van der Waals surface area contributed by atoms with Crippen molar-refractivity contribution in [1.29, 1.82) is 0 Å². The molecule has 1 aromatic rings. The number of benzene rings is 1. The summed E-state index contributed by atoms with van der Waals surface area (Å²) in [7, 11) is 0. The van der Waals surface area contributed by atoms with Crippen molar-refractivity contribution in [2.75, 3.05) is 3.93 Å². The minimum Gasteiger partial charge on any atom is -0.375 e. The van der Waals surface area contributed by atoms with E-state index in [1.807, 2.05) is 6.07 Å². The molecule has 1 amide bonds. The summed E-state index contributed by atoms with van der Waals surface area (Å²) in [6, 6.07) is 7.15. The van der Waals surface area contributed by atoms with Crippen molar-refractivity contribution in [1.82, 2.24) is 0 Å². The minimum absolute atomic E-state index is 0.353. The summed E-state index contributed by atoms with van der Waals surface area (Å²) in [5, 5.41) is 9.86. The van der Waals surface area contributed by atoms with Gasteiger partial charge >= 0.3 is 0 Å². The average Bonchev–Trinajstić information content (AvgIpc) is 2.30. The largest absolute Gasteiger partial charge is 0.375 e. The Morgan fingerprint density at radius 3 is 2.69 bits per heavy atom. The van der Waals surface area contributed by atoms with Gasteiger partial charge < -0.3 is 5.11 Å². The molecular weight excluding hydrogens is 234 g/mol. The number of anilines is 1. The molecule has 13 heavy (non-hydrogen) atoms. The Morgan fingerprint density at radius 1 is 1.46 bits per heavy atom. The maximum Gasteiger partial charge on any atom is 0.273 e. The van der Waals surface area contributed by atoms with Crippen molar-refractivity contribution in [2.24, 2.45) is 0 Å². The fourth-order valence-corrected chi connectivity index (χ4v) is 2.13. The molecule has 2 rings (SSSR count). The smallest absolute Gasteiger partial charge is 0.273 e. The predicted octanol–water partition coefficient (Wildman–Crippen LogP) is 1.55. The van der Waals surface area contributed by atoms with Crippen molar-refractivity contribution < 1.29 is 9.90 Å². The molecule has 1 aromatic carbocycles.